The Kier molecular flexibility index (Phi) is 5.93. The number of rotatable bonds is 7. The molecule has 0 aromatic heterocycles. The number of benzene rings is 2. The predicted molar refractivity (Wildman–Crippen MR) is 87.3 cm³/mol. The number of methoxy groups -OCH3 is 1. The van der Waals surface area contributed by atoms with Crippen molar-refractivity contribution in [1.82, 2.24) is 0 Å². The highest BCUT2D eigenvalue weighted by atomic mass is 79.9. The molecule has 112 valence electrons. The number of hydrogen-bond acceptors (Lipinski definition) is 3. The highest BCUT2D eigenvalue weighted by Gasteiger charge is 2.06. The monoisotopic (exact) mass is 350 g/mol. The zero-order valence-corrected chi connectivity index (χ0v) is 13.9. The van der Waals surface area contributed by atoms with E-state index in [1.807, 2.05) is 42.5 Å². The van der Waals surface area contributed by atoms with E-state index in [2.05, 4.69) is 22.9 Å². The molecule has 0 radical (unpaired) electrons. The fourth-order valence-corrected chi connectivity index (χ4v) is 2.45. The molecule has 0 fully saturated rings. The molecule has 0 N–H and O–H groups in total. The van der Waals surface area contributed by atoms with Crippen molar-refractivity contribution in [2.45, 2.75) is 20.0 Å². The largest absolute Gasteiger partial charge is 0.496 e. The molecule has 2 aromatic rings. The first kappa shape index (κ1) is 15.7. The quantitative estimate of drug-likeness (QED) is 0.715. The topological polar surface area (TPSA) is 27.7 Å². The van der Waals surface area contributed by atoms with Gasteiger partial charge in [-0.05, 0) is 52.2 Å². The van der Waals surface area contributed by atoms with Gasteiger partial charge in [-0.25, -0.2) is 0 Å². The minimum absolute atomic E-state index is 0.481. The van der Waals surface area contributed by atoms with Crippen molar-refractivity contribution in [3.63, 3.8) is 0 Å². The maximum Gasteiger partial charge on any atom is 0.161 e. The van der Waals surface area contributed by atoms with E-state index in [9.17, 15) is 0 Å². The lowest BCUT2D eigenvalue weighted by atomic mass is 10.2. The fourth-order valence-electron chi connectivity index (χ4n) is 1.86. The van der Waals surface area contributed by atoms with Gasteiger partial charge in [-0.1, -0.05) is 25.1 Å². The maximum atomic E-state index is 5.86. The van der Waals surface area contributed by atoms with Crippen LogP contribution in [0.2, 0.25) is 0 Å². The number of hydrogen-bond donors (Lipinski definition) is 0. The van der Waals surface area contributed by atoms with Crippen molar-refractivity contribution >= 4 is 15.9 Å². The van der Waals surface area contributed by atoms with Gasteiger partial charge in [-0.3, -0.25) is 0 Å². The Balaban J connectivity index is 2.04. The zero-order valence-electron chi connectivity index (χ0n) is 12.3. The smallest absolute Gasteiger partial charge is 0.161 e. The third-order valence-electron chi connectivity index (χ3n) is 2.92. The van der Waals surface area contributed by atoms with E-state index >= 15 is 0 Å². The van der Waals surface area contributed by atoms with Crippen LogP contribution in [0.1, 0.15) is 18.9 Å². The summed E-state index contributed by atoms with van der Waals surface area (Å²) in [6, 6.07) is 13.6. The van der Waals surface area contributed by atoms with Gasteiger partial charge in [0.25, 0.3) is 0 Å². The Hall–Kier alpha value is -1.68. The van der Waals surface area contributed by atoms with Gasteiger partial charge >= 0.3 is 0 Å². The van der Waals surface area contributed by atoms with Crippen LogP contribution >= 0.6 is 15.9 Å². The van der Waals surface area contributed by atoms with E-state index in [0.717, 1.165) is 33.7 Å². The van der Waals surface area contributed by atoms with Crippen LogP contribution in [0.15, 0.2) is 46.9 Å². The summed E-state index contributed by atoms with van der Waals surface area (Å²) in [6.07, 6.45) is 0.972. The van der Waals surface area contributed by atoms with Crippen LogP contribution in [-0.2, 0) is 6.61 Å². The van der Waals surface area contributed by atoms with Gasteiger partial charge in [0, 0.05) is 0 Å². The number of para-hydroxylation sites is 2. The Bertz CT molecular complexity index is 584. The van der Waals surface area contributed by atoms with E-state index in [-0.39, 0.29) is 0 Å². The molecule has 0 atom stereocenters. The lowest BCUT2D eigenvalue weighted by Crippen LogP contribution is -2.00. The number of ether oxygens (including phenoxy) is 3. The first-order valence-electron chi connectivity index (χ1n) is 6.91. The SMILES string of the molecule is CCCOc1ccccc1OCc1ccc(OC)c(Br)c1. The van der Waals surface area contributed by atoms with Crippen LogP contribution in [0.25, 0.3) is 0 Å². The van der Waals surface area contributed by atoms with E-state index in [1.54, 1.807) is 7.11 Å². The second-order valence-electron chi connectivity index (χ2n) is 4.55. The summed E-state index contributed by atoms with van der Waals surface area (Å²) < 4.78 is 17.7. The van der Waals surface area contributed by atoms with Crippen molar-refractivity contribution in [2.75, 3.05) is 13.7 Å². The van der Waals surface area contributed by atoms with Crippen molar-refractivity contribution in [2.24, 2.45) is 0 Å². The molecule has 0 aliphatic carbocycles. The molecule has 2 rings (SSSR count). The van der Waals surface area contributed by atoms with Gasteiger partial charge < -0.3 is 14.2 Å². The molecular weight excluding hydrogens is 332 g/mol. The van der Waals surface area contributed by atoms with Crippen LogP contribution in [0.4, 0.5) is 0 Å². The highest BCUT2D eigenvalue weighted by molar-refractivity contribution is 9.10. The molecule has 0 saturated carbocycles. The minimum atomic E-state index is 0.481. The number of halogens is 1. The van der Waals surface area contributed by atoms with Crippen LogP contribution in [0, 0.1) is 0 Å². The molecular formula is C17H19BrO3. The van der Waals surface area contributed by atoms with Gasteiger partial charge in [-0.2, -0.15) is 0 Å². The normalized spacial score (nSPS) is 10.2. The van der Waals surface area contributed by atoms with Crippen LogP contribution in [0.3, 0.4) is 0 Å². The molecule has 21 heavy (non-hydrogen) atoms. The second-order valence-corrected chi connectivity index (χ2v) is 5.41. The molecule has 0 amide bonds. The van der Waals surface area contributed by atoms with Crippen molar-refractivity contribution in [3.8, 4) is 17.2 Å². The summed E-state index contributed by atoms with van der Waals surface area (Å²) >= 11 is 3.48. The van der Waals surface area contributed by atoms with Crippen LogP contribution < -0.4 is 14.2 Å². The van der Waals surface area contributed by atoms with Gasteiger partial charge in [0.1, 0.15) is 12.4 Å². The van der Waals surface area contributed by atoms with E-state index in [0.29, 0.717) is 13.2 Å². The first-order chi connectivity index (χ1) is 10.2. The van der Waals surface area contributed by atoms with Gasteiger partial charge in [0.15, 0.2) is 11.5 Å². The Labute approximate surface area is 134 Å². The van der Waals surface area contributed by atoms with Crippen molar-refractivity contribution < 1.29 is 14.2 Å². The second kappa shape index (κ2) is 7.93. The highest BCUT2D eigenvalue weighted by Crippen LogP contribution is 2.29. The fraction of sp³-hybridized carbons (Fsp3) is 0.294. The van der Waals surface area contributed by atoms with E-state index in [4.69, 9.17) is 14.2 Å². The van der Waals surface area contributed by atoms with Gasteiger partial charge in [0.2, 0.25) is 0 Å². The standard InChI is InChI=1S/C17H19BrO3/c1-3-10-20-16-6-4-5-7-17(16)21-12-13-8-9-15(19-2)14(18)11-13/h4-9,11H,3,10,12H2,1-2H3. The Morgan fingerprint density at radius 3 is 2.29 bits per heavy atom. The maximum absolute atomic E-state index is 5.86. The lowest BCUT2D eigenvalue weighted by molar-refractivity contribution is 0.262. The van der Waals surface area contributed by atoms with Crippen molar-refractivity contribution in [3.05, 3.63) is 52.5 Å². The molecule has 4 heteroatoms. The minimum Gasteiger partial charge on any atom is -0.496 e. The zero-order chi connectivity index (χ0) is 15.1. The first-order valence-corrected chi connectivity index (χ1v) is 7.71. The summed E-state index contributed by atoms with van der Waals surface area (Å²) in [5.41, 5.74) is 1.06. The molecule has 0 heterocycles. The average molecular weight is 351 g/mol. The molecule has 0 saturated heterocycles. The van der Waals surface area contributed by atoms with E-state index < -0.39 is 0 Å². The van der Waals surface area contributed by atoms with Crippen LogP contribution in [0.5, 0.6) is 17.2 Å². The Morgan fingerprint density at radius 1 is 0.952 bits per heavy atom. The Morgan fingerprint density at radius 2 is 1.67 bits per heavy atom. The summed E-state index contributed by atoms with van der Waals surface area (Å²) in [4.78, 5) is 0. The van der Waals surface area contributed by atoms with Gasteiger partial charge in [0.05, 0.1) is 18.2 Å². The third kappa shape index (κ3) is 4.39. The molecule has 0 aliphatic rings. The molecule has 3 nitrogen and oxygen atoms in total. The summed E-state index contributed by atoms with van der Waals surface area (Å²) in [6.45, 7) is 3.25. The average Bonchev–Trinajstić information content (AvgIpc) is 2.52. The molecule has 0 bridgehead atoms. The van der Waals surface area contributed by atoms with Gasteiger partial charge in [-0.15, -0.1) is 0 Å². The molecule has 0 spiro atoms. The van der Waals surface area contributed by atoms with E-state index in [1.165, 1.54) is 0 Å². The molecule has 2 aromatic carbocycles. The lowest BCUT2D eigenvalue weighted by Gasteiger charge is -2.12. The molecule has 0 aliphatic heterocycles. The summed E-state index contributed by atoms with van der Waals surface area (Å²) in [7, 11) is 1.65. The van der Waals surface area contributed by atoms with Crippen LogP contribution in [-0.4, -0.2) is 13.7 Å². The van der Waals surface area contributed by atoms with Crippen molar-refractivity contribution in [1.29, 1.82) is 0 Å². The predicted octanol–water partition coefficient (Wildman–Crippen LogP) is 4.83. The third-order valence-corrected chi connectivity index (χ3v) is 3.54. The summed E-state index contributed by atoms with van der Waals surface area (Å²) in [5, 5.41) is 0. The molecule has 0 unspecified atom stereocenters. The summed E-state index contributed by atoms with van der Waals surface area (Å²) in [5.74, 6) is 2.36.